The number of benzene rings is 2. The summed E-state index contributed by atoms with van der Waals surface area (Å²) >= 11 is 5.76. The number of nitrogens with one attached hydrogen (secondary N) is 1. The third-order valence-corrected chi connectivity index (χ3v) is 3.42. The topological polar surface area (TPSA) is 81.5 Å². The Morgan fingerprint density at radius 3 is 2.80 bits per heavy atom. The number of non-ortho nitro benzene ring substituents is 1. The van der Waals surface area contributed by atoms with Crippen LogP contribution >= 0.6 is 11.6 Å². The molecule has 0 radical (unpaired) electrons. The van der Waals surface area contributed by atoms with Gasteiger partial charge in [-0.2, -0.15) is 0 Å². The van der Waals surface area contributed by atoms with E-state index in [-0.39, 0.29) is 16.4 Å². The molecule has 8 heteroatoms. The Kier molecular flexibility index (Phi) is 6.08. The molecule has 130 valence electrons. The number of ether oxygens (including phenoxy) is 1. The van der Waals surface area contributed by atoms with Crippen LogP contribution in [0.5, 0.6) is 5.75 Å². The molecule has 2 aromatic carbocycles. The largest absolute Gasteiger partial charge is 0.483 e. The number of halogens is 2. The van der Waals surface area contributed by atoms with Crippen molar-refractivity contribution in [2.24, 2.45) is 0 Å². The fraction of sp³-hybridized carbons (Fsp3) is 0.118. The highest BCUT2D eigenvalue weighted by molar-refractivity contribution is 6.30. The van der Waals surface area contributed by atoms with Gasteiger partial charge in [0.15, 0.2) is 6.61 Å². The van der Waals surface area contributed by atoms with E-state index >= 15 is 0 Å². The highest BCUT2D eigenvalue weighted by Gasteiger charge is 2.13. The molecular formula is C17H14ClFN2O4. The van der Waals surface area contributed by atoms with E-state index in [2.05, 4.69) is 11.9 Å². The maximum atomic E-state index is 13.6. The predicted molar refractivity (Wildman–Crippen MR) is 92.5 cm³/mol. The van der Waals surface area contributed by atoms with E-state index in [0.717, 1.165) is 6.07 Å². The average molecular weight is 365 g/mol. The fourth-order valence-corrected chi connectivity index (χ4v) is 2.23. The molecule has 1 amide bonds. The molecule has 0 bridgehead atoms. The first kappa shape index (κ1) is 18.4. The minimum Gasteiger partial charge on any atom is -0.483 e. The van der Waals surface area contributed by atoms with Gasteiger partial charge in [0.1, 0.15) is 11.6 Å². The normalized spacial score (nSPS) is 10.2. The Balaban J connectivity index is 2.07. The van der Waals surface area contributed by atoms with Crippen molar-refractivity contribution in [2.45, 2.75) is 6.42 Å². The van der Waals surface area contributed by atoms with Gasteiger partial charge in [0, 0.05) is 22.7 Å². The fourth-order valence-electron chi connectivity index (χ4n) is 2.06. The monoisotopic (exact) mass is 364 g/mol. The summed E-state index contributed by atoms with van der Waals surface area (Å²) in [6, 6.07) is 7.81. The van der Waals surface area contributed by atoms with Gasteiger partial charge in [-0.1, -0.05) is 17.7 Å². The van der Waals surface area contributed by atoms with Crippen LogP contribution in [-0.4, -0.2) is 17.4 Å². The van der Waals surface area contributed by atoms with Crippen LogP contribution in [0.25, 0.3) is 0 Å². The molecule has 0 spiro atoms. The molecule has 0 unspecified atom stereocenters. The van der Waals surface area contributed by atoms with E-state index < -0.39 is 23.3 Å². The van der Waals surface area contributed by atoms with E-state index in [1.165, 1.54) is 30.3 Å². The van der Waals surface area contributed by atoms with Crippen molar-refractivity contribution in [1.29, 1.82) is 0 Å². The number of carbonyl (C=O) groups excluding carboxylic acids is 1. The summed E-state index contributed by atoms with van der Waals surface area (Å²) in [5, 5.41) is 13.5. The van der Waals surface area contributed by atoms with E-state index in [0.29, 0.717) is 17.7 Å². The number of hydrogen-bond donors (Lipinski definition) is 1. The molecule has 0 aliphatic heterocycles. The third-order valence-electron chi connectivity index (χ3n) is 3.18. The van der Waals surface area contributed by atoms with Gasteiger partial charge in [0.2, 0.25) is 0 Å². The zero-order valence-corrected chi connectivity index (χ0v) is 13.8. The highest BCUT2D eigenvalue weighted by atomic mass is 35.5. The third kappa shape index (κ3) is 5.02. The predicted octanol–water partition coefficient (Wildman–Crippen LogP) is 4.13. The summed E-state index contributed by atoms with van der Waals surface area (Å²) in [5.74, 6) is -0.906. The van der Waals surface area contributed by atoms with E-state index in [9.17, 15) is 19.3 Å². The second-order valence-electron chi connectivity index (χ2n) is 5.00. The molecule has 0 heterocycles. The molecule has 25 heavy (non-hydrogen) atoms. The van der Waals surface area contributed by atoms with Crippen LogP contribution in [0.3, 0.4) is 0 Å². The van der Waals surface area contributed by atoms with Gasteiger partial charge in [-0.15, -0.1) is 6.58 Å². The van der Waals surface area contributed by atoms with Crippen LogP contribution in [0.4, 0.5) is 15.8 Å². The molecule has 2 aromatic rings. The molecule has 6 nitrogen and oxygen atoms in total. The minimum absolute atomic E-state index is 0.0592. The summed E-state index contributed by atoms with van der Waals surface area (Å²) in [6.45, 7) is 3.19. The van der Waals surface area contributed by atoms with Crippen LogP contribution in [-0.2, 0) is 11.2 Å². The van der Waals surface area contributed by atoms with Crippen LogP contribution in [0.1, 0.15) is 5.56 Å². The number of anilines is 1. The average Bonchev–Trinajstić information content (AvgIpc) is 2.57. The van der Waals surface area contributed by atoms with Crippen LogP contribution < -0.4 is 10.1 Å². The molecule has 2 rings (SSSR count). The Bertz CT molecular complexity index is 826. The second kappa shape index (κ2) is 8.25. The van der Waals surface area contributed by atoms with Crippen molar-refractivity contribution in [2.75, 3.05) is 11.9 Å². The highest BCUT2D eigenvalue weighted by Crippen LogP contribution is 2.25. The van der Waals surface area contributed by atoms with E-state index in [1.807, 2.05) is 0 Å². The van der Waals surface area contributed by atoms with Gasteiger partial charge in [0.05, 0.1) is 10.6 Å². The maximum absolute atomic E-state index is 13.6. The van der Waals surface area contributed by atoms with Crippen molar-refractivity contribution in [3.8, 4) is 5.75 Å². The molecule has 0 aliphatic rings. The Labute approximate surface area is 148 Å². The first-order chi connectivity index (χ1) is 11.9. The van der Waals surface area contributed by atoms with Gasteiger partial charge in [-0.05, 0) is 30.7 Å². The lowest BCUT2D eigenvalue weighted by atomic mass is 10.1. The molecule has 0 aromatic heterocycles. The van der Waals surface area contributed by atoms with Crippen molar-refractivity contribution in [3.63, 3.8) is 0 Å². The van der Waals surface area contributed by atoms with Gasteiger partial charge < -0.3 is 10.1 Å². The number of rotatable bonds is 7. The second-order valence-corrected chi connectivity index (χ2v) is 5.44. The summed E-state index contributed by atoms with van der Waals surface area (Å²) in [7, 11) is 0. The number of hydrogen-bond acceptors (Lipinski definition) is 4. The van der Waals surface area contributed by atoms with Crippen LogP contribution in [0.2, 0.25) is 5.02 Å². The lowest BCUT2D eigenvalue weighted by Gasteiger charge is -2.11. The number of carbonyl (C=O) groups is 1. The quantitative estimate of drug-likeness (QED) is 0.455. The van der Waals surface area contributed by atoms with Crippen LogP contribution in [0, 0.1) is 15.9 Å². The van der Waals surface area contributed by atoms with Gasteiger partial charge in [-0.3, -0.25) is 14.9 Å². The molecule has 0 saturated carbocycles. The maximum Gasteiger partial charge on any atom is 0.269 e. The Morgan fingerprint density at radius 2 is 2.12 bits per heavy atom. The number of amides is 1. The number of allylic oxidation sites excluding steroid dienone is 1. The molecule has 0 fully saturated rings. The van der Waals surface area contributed by atoms with Crippen LogP contribution in [0.15, 0.2) is 49.1 Å². The minimum atomic E-state index is -0.625. The summed E-state index contributed by atoms with van der Waals surface area (Å²) in [4.78, 5) is 22.2. The first-order valence-electron chi connectivity index (χ1n) is 7.16. The SMILES string of the molecule is C=CCc1cc([N+](=O)[O-])ccc1OCC(=O)Nc1cc(Cl)ccc1F. The van der Waals surface area contributed by atoms with E-state index in [1.54, 1.807) is 6.08 Å². The lowest BCUT2D eigenvalue weighted by Crippen LogP contribution is -2.21. The smallest absolute Gasteiger partial charge is 0.269 e. The standard InChI is InChI=1S/C17H14ClFN2O4/c1-2-3-11-8-13(21(23)24)5-7-16(11)25-10-17(22)20-15-9-12(18)4-6-14(15)19/h2,4-9H,1,3,10H2,(H,20,22). The lowest BCUT2D eigenvalue weighted by molar-refractivity contribution is -0.384. The van der Waals surface area contributed by atoms with Gasteiger partial charge >= 0.3 is 0 Å². The number of nitro benzene ring substituents is 1. The molecule has 1 N–H and O–H groups in total. The first-order valence-corrected chi connectivity index (χ1v) is 7.54. The van der Waals surface area contributed by atoms with Gasteiger partial charge in [0.25, 0.3) is 11.6 Å². The number of nitro groups is 1. The zero-order chi connectivity index (χ0) is 18.4. The van der Waals surface area contributed by atoms with Crippen molar-refractivity contribution < 1.29 is 18.8 Å². The summed E-state index contributed by atoms with van der Waals surface area (Å²) in [5.41, 5.74) is 0.372. The molecular weight excluding hydrogens is 351 g/mol. The summed E-state index contributed by atoms with van der Waals surface area (Å²) in [6.07, 6.45) is 1.90. The van der Waals surface area contributed by atoms with Crippen molar-refractivity contribution >= 4 is 28.9 Å². The molecule has 0 aliphatic carbocycles. The summed E-state index contributed by atoms with van der Waals surface area (Å²) < 4.78 is 19.0. The molecule has 0 atom stereocenters. The zero-order valence-electron chi connectivity index (χ0n) is 13.0. The van der Waals surface area contributed by atoms with Crippen molar-refractivity contribution in [3.05, 3.63) is 75.6 Å². The Hall–Kier alpha value is -2.93. The van der Waals surface area contributed by atoms with Crippen molar-refractivity contribution in [1.82, 2.24) is 0 Å². The molecule has 0 saturated heterocycles. The number of nitrogens with zero attached hydrogens (tertiary/aromatic N) is 1. The van der Waals surface area contributed by atoms with Gasteiger partial charge in [-0.25, -0.2) is 4.39 Å². The van der Waals surface area contributed by atoms with E-state index in [4.69, 9.17) is 16.3 Å². The Morgan fingerprint density at radius 1 is 1.36 bits per heavy atom.